The molecule has 0 spiro atoms. The van der Waals surface area contributed by atoms with E-state index in [1.165, 1.54) is 36.1 Å². The van der Waals surface area contributed by atoms with Crippen LogP contribution >= 0.6 is 0 Å². The number of nitrogens with zero attached hydrogens (tertiary/aromatic N) is 6. The molecular weight excluding hydrogens is 494 g/mol. The first-order valence-corrected chi connectivity index (χ1v) is 11.4. The summed E-state index contributed by atoms with van der Waals surface area (Å²) in [6, 6.07) is 15.6. The molecule has 3 aromatic heterocycles. The summed E-state index contributed by atoms with van der Waals surface area (Å²) in [6.45, 7) is 0.0264. The number of ether oxygens (including phenoxy) is 1. The SMILES string of the molecule is COC(=O)N(Cc1cccc(F)c1)c1c(N)nc(-c2nn(Cc3ccccc3F)c3ncccc23)nc1N. The van der Waals surface area contributed by atoms with E-state index in [-0.39, 0.29) is 42.1 Å². The van der Waals surface area contributed by atoms with Gasteiger partial charge < -0.3 is 16.2 Å². The summed E-state index contributed by atoms with van der Waals surface area (Å²) < 4.78 is 34.5. The third kappa shape index (κ3) is 4.66. The third-order valence-electron chi connectivity index (χ3n) is 5.83. The second-order valence-electron chi connectivity index (χ2n) is 8.32. The molecule has 5 rings (SSSR count). The molecule has 2 aromatic carbocycles. The van der Waals surface area contributed by atoms with Crippen molar-refractivity contribution in [1.82, 2.24) is 24.7 Å². The molecule has 0 bridgehead atoms. The Labute approximate surface area is 215 Å². The lowest BCUT2D eigenvalue weighted by Gasteiger charge is -2.23. The number of anilines is 3. The largest absolute Gasteiger partial charge is 0.452 e. The van der Waals surface area contributed by atoms with E-state index in [4.69, 9.17) is 16.2 Å². The number of rotatable bonds is 6. The third-order valence-corrected chi connectivity index (χ3v) is 5.83. The van der Waals surface area contributed by atoms with Gasteiger partial charge in [-0.15, -0.1) is 0 Å². The molecule has 192 valence electrons. The Hall–Kier alpha value is -5.13. The number of amides is 1. The van der Waals surface area contributed by atoms with Crippen molar-refractivity contribution in [3.63, 3.8) is 0 Å². The van der Waals surface area contributed by atoms with Crippen molar-refractivity contribution in [2.45, 2.75) is 13.1 Å². The molecule has 0 saturated carbocycles. The molecule has 0 saturated heterocycles. The summed E-state index contributed by atoms with van der Waals surface area (Å²) in [6.07, 6.45) is 0.812. The van der Waals surface area contributed by atoms with Gasteiger partial charge in [0, 0.05) is 11.8 Å². The predicted octanol–water partition coefficient (Wildman–Crippen LogP) is 4.15. The van der Waals surface area contributed by atoms with Gasteiger partial charge in [-0.05, 0) is 35.9 Å². The molecule has 3 heterocycles. The van der Waals surface area contributed by atoms with Gasteiger partial charge in [-0.25, -0.2) is 33.2 Å². The fourth-order valence-electron chi connectivity index (χ4n) is 4.11. The Morgan fingerprint density at radius 2 is 1.79 bits per heavy atom. The van der Waals surface area contributed by atoms with Crippen LogP contribution in [-0.2, 0) is 17.8 Å². The first-order chi connectivity index (χ1) is 18.4. The number of fused-ring (bicyclic) bond motifs is 1. The molecule has 1 amide bonds. The minimum atomic E-state index is -0.784. The highest BCUT2D eigenvalue weighted by molar-refractivity contribution is 5.96. The van der Waals surface area contributed by atoms with E-state index < -0.39 is 11.9 Å². The van der Waals surface area contributed by atoms with Crippen LogP contribution in [0.1, 0.15) is 11.1 Å². The van der Waals surface area contributed by atoms with E-state index in [2.05, 4.69) is 20.1 Å². The van der Waals surface area contributed by atoms with Crippen LogP contribution in [0.2, 0.25) is 0 Å². The van der Waals surface area contributed by atoms with Gasteiger partial charge >= 0.3 is 6.09 Å². The zero-order valence-corrected chi connectivity index (χ0v) is 20.2. The van der Waals surface area contributed by atoms with Crippen LogP contribution in [0.3, 0.4) is 0 Å². The maximum atomic E-state index is 14.3. The molecule has 0 aliphatic rings. The zero-order chi connectivity index (χ0) is 26.8. The molecule has 10 nitrogen and oxygen atoms in total. The number of pyridine rings is 1. The Morgan fingerprint density at radius 1 is 1.03 bits per heavy atom. The molecule has 0 aliphatic heterocycles. The number of halogens is 2. The minimum absolute atomic E-state index is 0.0121. The summed E-state index contributed by atoms with van der Waals surface area (Å²) in [5, 5.41) is 5.18. The average molecular weight is 517 g/mol. The molecule has 38 heavy (non-hydrogen) atoms. The average Bonchev–Trinajstić information content (AvgIpc) is 3.27. The van der Waals surface area contributed by atoms with Crippen molar-refractivity contribution in [1.29, 1.82) is 0 Å². The Bertz CT molecular complexity index is 1630. The van der Waals surface area contributed by atoms with E-state index in [1.54, 1.807) is 42.6 Å². The van der Waals surface area contributed by atoms with Gasteiger partial charge in [0.2, 0.25) is 0 Å². The quantitative estimate of drug-likeness (QED) is 0.343. The smallest absolute Gasteiger partial charge is 0.414 e. The number of hydrogen-bond donors (Lipinski definition) is 2. The van der Waals surface area contributed by atoms with Gasteiger partial charge in [0.15, 0.2) is 23.1 Å². The Kier molecular flexibility index (Phi) is 6.52. The van der Waals surface area contributed by atoms with Crippen molar-refractivity contribution < 1.29 is 18.3 Å². The Morgan fingerprint density at radius 3 is 2.50 bits per heavy atom. The fourth-order valence-corrected chi connectivity index (χ4v) is 4.11. The summed E-state index contributed by atoms with van der Waals surface area (Å²) >= 11 is 0. The lowest BCUT2D eigenvalue weighted by atomic mass is 10.2. The van der Waals surface area contributed by atoms with Crippen LogP contribution < -0.4 is 16.4 Å². The van der Waals surface area contributed by atoms with Crippen LogP contribution in [0.15, 0.2) is 66.9 Å². The van der Waals surface area contributed by atoms with E-state index in [0.717, 1.165) is 4.90 Å². The van der Waals surface area contributed by atoms with Gasteiger partial charge in [0.1, 0.15) is 23.0 Å². The van der Waals surface area contributed by atoms with Crippen molar-refractivity contribution in [3.05, 3.63) is 89.6 Å². The molecule has 0 aliphatic carbocycles. The molecule has 0 radical (unpaired) electrons. The van der Waals surface area contributed by atoms with Gasteiger partial charge in [-0.3, -0.25) is 4.90 Å². The lowest BCUT2D eigenvalue weighted by Crippen LogP contribution is -2.32. The number of nitrogens with two attached hydrogens (primary N) is 2. The van der Waals surface area contributed by atoms with Crippen LogP contribution in [0.5, 0.6) is 0 Å². The van der Waals surface area contributed by atoms with Gasteiger partial charge in [-0.1, -0.05) is 30.3 Å². The van der Waals surface area contributed by atoms with Crippen LogP contribution in [0.4, 0.5) is 30.9 Å². The lowest BCUT2D eigenvalue weighted by molar-refractivity contribution is 0.178. The summed E-state index contributed by atoms with van der Waals surface area (Å²) in [4.78, 5) is 26.9. The zero-order valence-electron chi connectivity index (χ0n) is 20.2. The Balaban J connectivity index is 1.57. The molecular formula is C26H22F2N8O2. The second-order valence-corrected chi connectivity index (χ2v) is 8.32. The maximum absolute atomic E-state index is 14.3. The summed E-state index contributed by atoms with van der Waals surface area (Å²) in [5.74, 6) is -0.982. The van der Waals surface area contributed by atoms with E-state index >= 15 is 0 Å². The predicted molar refractivity (Wildman–Crippen MR) is 138 cm³/mol. The molecule has 0 unspecified atom stereocenters. The number of nitrogen functional groups attached to an aromatic ring is 2. The van der Waals surface area contributed by atoms with Crippen LogP contribution in [0, 0.1) is 11.6 Å². The van der Waals surface area contributed by atoms with Gasteiger partial charge in [0.25, 0.3) is 0 Å². The highest BCUT2D eigenvalue weighted by atomic mass is 19.1. The molecule has 5 aromatic rings. The molecule has 0 fully saturated rings. The van der Waals surface area contributed by atoms with E-state index in [1.807, 2.05) is 0 Å². The normalized spacial score (nSPS) is 11.0. The number of methoxy groups -OCH3 is 1. The summed E-state index contributed by atoms with van der Waals surface area (Å²) in [5.41, 5.74) is 14.3. The standard InChI is InChI=1S/C26H22F2N8O2/c1-38-26(37)35(13-15-6-4-8-17(27)12-15)21-22(29)32-24(33-23(21)30)20-18-9-5-11-31-25(18)36(34-20)14-16-7-2-3-10-19(16)28/h2-12H,13-14H2,1H3,(H4,29,30,32,33). The highest BCUT2D eigenvalue weighted by Gasteiger charge is 2.26. The maximum Gasteiger partial charge on any atom is 0.414 e. The van der Waals surface area contributed by atoms with Gasteiger partial charge in [-0.2, -0.15) is 5.10 Å². The first-order valence-electron chi connectivity index (χ1n) is 11.4. The van der Waals surface area contributed by atoms with E-state index in [0.29, 0.717) is 27.9 Å². The monoisotopic (exact) mass is 516 g/mol. The number of hydrogen-bond acceptors (Lipinski definition) is 8. The van der Waals surface area contributed by atoms with Crippen molar-refractivity contribution in [2.24, 2.45) is 0 Å². The van der Waals surface area contributed by atoms with Crippen LogP contribution in [0.25, 0.3) is 22.6 Å². The first kappa shape index (κ1) is 24.6. The minimum Gasteiger partial charge on any atom is -0.452 e. The van der Waals surface area contributed by atoms with Crippen LogP contribution in [-0.4, -0.2) is 37.9 Å². The molecule has 0 atom stereocenters. The second kappa shape index (κ2) is 10.1. The number of benzene rings is 2. The van der Waals surface area contributed by atoms with Crippen molar-refractivity contribution in [2.75, 3.05) is 23.5 Å². The summed E-state index contributed by atoms with van der Waals surface area (Å²) in [7, 11) is 1.20. The topological polar surface area (TPSA) is 138 Å². The van der Waals surface area contributed by atoms with E-state index in [9.17, 15) is 13.6 Å². The molecule has 4 N–H and O–H groups in total. The number of carbonyl (C=O) groups is 1. The van der Waals surface area contributed by atoms with Gasteiger partial charge in [0.05, 0.1) is 25.6 Å². The van der Waals surface area contributed by atoms with Crippen molar-refractivity contribution >= 4 is 34.4 Å². The highest BCUT2D eigenvalue weighted by Crippen LogP contribution is 2.33. The molecule has 12 heteroatoms. The fraction of sp³-hybridized carbons (Fsp3) is 0.115. The van der Waals surface area contributed by atoms with Crippen molar-refractivity contribution in [3.8, 4) is 11.5 Å². The number of carbonyl (C=O) groups excluding carboxylic acids is 1. The number of aromatic nitrogens is 5.